The van der Waals surface area contributed by atoms with E-state index in [0.29, 0.717) is 5.92 Å². The molecule has 0 aliphatic carbocycles. The predicted molar refractivity (Wildman–Crippen MR) is 92.0 cm³/mol. The summed E-state index contributed by atoms with van der Waals surface area (Å²) in [4.78, 5) is 6.63. The molecule has 0 unspecified atom stereocenters. The molecule has 0 aromatic carbocycles. The maximum Gasteiger partial charge on any atom is 0.190 e. The Morgan fingerprint density at radius 3 is 2.22 bits per heavy atom. The molecule has 0 bridgehead atoms. The number of nitrogens with zero attached hydrogens (tertiary/aromatic N) is 2. The van der Waals surface area contributed by atoms with E-state index in [1.165, 1.54) is 0 Å². The van der Waals surface area contributed by atoms with Gasteiger partial charge in [-0.3, -0.25) is 4.99 Å². The maximum absolute atomic E-state index is 4.20. The Labute approximate surface area is 130 Å². The molecule has 0 saturated carbocycles. The Balaban J connectivity index is 0. The molecule has 0 rings (SSSR count). The van der Waals surface area contributed by atoms with E-state index in [-0.39, 0.29) is 24.0 Å². The smallest absolute Gasteiger partial charge is 0.190 e. The number of hydrogen-bond acceptors (Lipinski definition) is 2. The van der Waals surface area contributed by atoms with Crippen LogP contribution in [0.1, 0.15) is 34.1 Å². The van der Waals surface area contributed by atoms with Gasteiger partial charge < -0.3 is 15.5 Å². The monoisotopic (exact) mass is 370 g/mol. The summed E-state index contributed by atoms with van der Waals surface area (Å²) in [6.07, 6.45) is 1.16. The molecule has 5 heteroatoms. The molecule has 2 N–H and O–H groups in total. The van der Waals surface area contributed by atoms with Crippen molar-refractivity contribution < 1.29 is 0 Å². The number of nitrogens with one attached hydrogen (secondary N) is 2. The van der Waals surface area contributed by atoms with Gasteiger partial charge in [-0.1, -0.05) is 27.7 Å². The van der Waals surface area contributed by atoms with E-state index in [1.807, 2.05) is 7.05 Å². The third-order valence-corrected chi connectivity index (χ3v) is 2.74. The van der Waals surface area contributed by atoms with E-state index in [9.17, 15) is 0 Å². The standard InChI is InChI=1S/C13H30N4.HI/c1-6-17(7-2)10-8-9-15-13(14-5)16-11-12(3)4;/h12H,6-11H2,1-5H3,(H2,14,15,16);1H. The van der Waals surface area contributed by atoms with E-state index in [0.717, 1.165) is 45.1 Å². The normalized spacial score (nSPS) is 11.6. The molecule has 18 heavy (non-hydrogen) atoms. The van der Waals surface area contributed by atoms with Crippen molar-refractivity contribution in [2.75, 3.05) is 39.8 Å². The zero-order valence-corrected chi connectivity index (χ0v) is 15.0. The lowest BCUT2D eigenvalue weighted by atomic mass is 10.2. The third kappa shape index (κ3) is 11.1. The van der Waals surface area contributed by atoms with Crippen molar-refractivity contribution >= 4 is 29.9 Å². The molecule has 0 heterocycles. The van der Waals surface area contributed by atoms with Crippen molar-refractivity contribution in [1.29, 1.82) is 0 Å². The second kappa shape index (κ2) is 13.4. The number of guanidine groups is 1. The van der Waals surface area contributed by atoms with E-state index in [1.54, 1.807) is 0 Å². The van der Waals surface area contributed by atoms with Crippen molar-refractivity contribution in [2.45, 2.75) is 34.1 Å². The number of hydrogen-bond donors (Lipinski definition) is 2. The highest BCUT2D eigenvalue weighted by molar-refractivity contribution is 14.0. The first-order valence-electron chi connectivity index (χ1n) is 6.80. The zero-order chi connectivity index (χ0) is 13.1. The number of halogens is 1. The van der Waals surface area contributed by atoms with Crippen molar-refractivity contribution in [3.8, 4) is 0 Å². The first-order valence-corrected chi connectivity index (χ1v) is 6.80. The maximum atomic E-state index is 4.20. The Morgan fingerprint density at radius 1 is 1.17 bits per heavy atom. The number of aliphatic imine (C=N–C) groups is 1. The fourth-order valence-corrected chi connectivity index (χ4v) is 1.57. The lowest BCUT2D eigenvalue weighted by Crippen LogP contribution is -2.40. The minimum absolute atomic E-state index is 0. The molecule has 4 nitrogen and oxygen atoms in total. The summed E-state index contributed by atoms with van der Waals surface area (Å²) in [5.74, 6) is 1.56. The van der Waals surface area contributed by atoms with Crippen LogP contribution in [0.15, 0.2) is 4.99 Å². The molecule has 0 aliphatic heterocycles. The summed E-state index contributed by atoms with van der Waals surface area (Å²) >= 11 is 0. The highest BCUT2D eigenvalue weighted by Crippen LogP contribution is 1.90. The summed E-state index contributed by atoms with van der Waals surface area (Å²) in [5, 5.41) is 6.65. The van der Waals surface area contributed by atoms with Gasteiger partial charge in [0.25, 0.3) is 0 Å². The van der Waals surface area contributed by atoms with Gasteiger partial charge in [-0.25, -0.2) is 0 Å². The van der Waals surface area contributed by atoms with Gasteiger partial charge in [-0.2, -0.15) is 0 Å². The molecule has 0 fully saturated rings. The van der Waals surface area contributed by atoms with Gasteiger partial charge in [0.2, 0.25) is 0 Å². The second-order valence-corrected chi connectivity index (χ2v) is 4.65. The molecule has 0 saturated heterocycles. The van der Waals surface area contributed by atoms with Crippen molar-refractivity contribution in [1.82, 2.24) is 15.5 Å². The summed E-state index contributed by atoms with van der Waals surface area (Å²) < 4.78 is 0. The van der Waals surface area contributed by atoms with Gasteiger partial charge >= 0.3 is 0 Å². The van der Waals surface area contributed by atoms with Gasteiger partial charge in [-0.05, 0) is 32.0 Å². The third-order valence-electron chi connectivity index (χ3n) is 2.74. The average Bonchev–Trinajstić information content (AvgIpc) is 2.32. The molecule has 0 amide bonds. The van der Waals surface area contributed by atoms with Crippen molar-refractivity contribution in [3.63, 3.8) is 0 Å². The van der Waals surface area contributed by atoms with Crippen LogP contribution < -0.4 is 10.6 Å². The van der Waals surface area contributed by atoms with Crippen molar-refractivity contribution in [3.05, 3.63) is 0 Å². The molecule has 110 valence electrons. The molecule has 0 spiro atoms. The molecule has 0 aromatic rings. The summed E-state index contributed by atoms with van der Waals surface area (Å²) in [5.41, 5.74) is 0. The van der Waals surface area contributed by atoms with E-state index in [2.05, 4.69) is 48.2 Å². The largest absolute Gasteiger partial charge is 0.356 e. The lowest BCUT2D eigenvalue weighted by molar-refractivity contribution is 0.300. The highest BCUT2D eigenvalue weighted by Gasteiger charge is 2.00. The van der Waals surface area contributed by atoms with Crippen LogP contribution >= 0.6 is 24.0 Å². The van der Waals surface area contributed by atoms with E-state index in [4.69, 9.17) is 0 Å². The van der Waals surface area contributed by atoms with Gasteiger partial charge in [0.1, 0.15) is 0 Å². The van der Waals surface area contributed by atoms with E-state index >= 15 is 0 Å². The Hall–Kier alpha value is -0.0400. The van der Waals surface area contributed by atoms with Crippen LogP contribution in [0.5, 0.6) is 0 Å². The first-order chi connectivity index (χ1) is 8.13. The van der Waals surface area contributed by atoms with Crippen LogP contribution in [0.3, 0.4) is 0 Å². The molecule has 0 radical (unpaired) electrons. The van der Waals surface area contributed by atoms with E-state index < -0.39 is 0 Å². The minimum Gasteiger partial charge on any atom is -0.356 e. The summed E-state index contributed by atoms with van der Waals surface area (Å²) in [6, 6.07) is 0. The number of rotatable bonds is 8. The average molecular weight is 370 g/mol. The molecular formula is C13H31IN4. The van der Waals surface area contributed by atoms with Gasteiger partial charge in [-0.15, -0.1) is 24.0 Å². The van der Waals surface area contributed by atoms with Crippen LogP contribution in [-0.2, 0) is 0 Å². The van der Waals surface area contributed by atoms with Crippen LogP contribution in [0, 0.1) is 5.92 Å². The Morgan fingerprint density at radius 2 is 1.78 bits per heavy atom. The van der Waals surface area contributed by atoms with Crippen LogP contribution in [0.25, 0.3) is 0 Å². The fourth-order valence-electron chi connectivity index (χ4n) is 1.57. The van der Waals surface area contributed by atoms with Crippen molar-refractivity contribution in [2.24, 2.45) is 10.9 Å². The second-order valence-electron chi connectivity index (χ2n) is 4.65. The highest BCUT2D eigenvalue weighted by atomic mass is 127. The Bertz CT molecular complexity index is 203. The molecular weight excluding hydrogens is 339 g/mol. The van der Waals surface area contributed by atoms with Crippen LogP contribution in [-0.4, -0.2) is 50.6 Å². The first kappa shape index (κ1) is 20.3. The molecule has 0 aliphatic rings. The van der Waals surface area contributed by atoms with Gasteiger partial charge in [0.05, 0.1) is 0 Å². The predicted octanol–water partition coefficient (Wildman–Crippen LogP) is 2.16. The minimum atomic E-state index is 0. The topological polar surface area (TPSA) is 39.7 Å². The van der Waals surface area contributed by atoms with Crippen LogP contribution in [0.4, 0.5) is 0 Å². The van der Waals surface area contributed by atoms with Crippen LogP contribution in [0.2, 0.25) is 0 Å². The molecule has 0 atom stereocenters. The summed E-state index contributed by atoms with van der Waals surface area (Å²) in [7, 11) is 1.82. The van der Waals surface area contributed by atoms with Gasteiger partial charge in [0.15, 0.2) is 5.96 Å². The SMILES string of the molecule is CCN(CC)CCCNC(=NC)NCC(C)C.I. The zero-order valence-electron chi connectivity index (χ0n) is 12.6. The quantitative estimate of drug-likeness (QED) is 0.298. The fraction of sp³-hybridized carbons (Fsp3) is 0.923. The molecule has 0 aromatic heterocycles. The Kier molecular flexibility index (Phi) is 15.1. The lowest BCUT2D eigenvalue weighted by Gasteiger charge is -2.18. The summed E-state index contributed by atoms with van der Waals surface area (Å²) in [6.45, 7) is 14.2. The van der Waals surface area contributed by atoms with Gasteiger partial charge in [0, 0.05) is 20.1 Å².